The lowest BCUT2D eigenvalue weighted by Crippen LogP contribution is -2.47. The van der Waals surface area contributed by atoms with Gasteiger partial charge >= 0.3 is 0 Å². The Labute approximate surface area is 163 Å². The van der Waals surface area contributed by atoms with Gasteiger partial charge in [0, 0.05) is 23.1 Å². The van der Waals surface area contributed by atoms with E-state index >= 15 is 0 Å². The third-order valence-electron chi connectivity index (χ3n) is 7.55. The summed E-state index contributed by atoms with van der Waals surface area (Å²) in [5.41, 5.74) is 5.85. The summed E-state index contributed by atoms with van der Waals surface area (Å²) in [4.78, 5) is 0. The van der Waals surface area contributed by atoms with Crippen LogP contribution in [-0.2, 0) is 12.5 Å². The van der Waals surface area contributed by atoms with E-state index in [4.69, 9.17) is 4.74 Å². The number of ether oxygens (including phenoxy) is 1. The van der Waals surface area contributed by atoms with Crippen LogP contribution in [0, 0.1) is 6.92 Å². The van der Waals surface area contributed by atoms with Crippen LogP contribution in [0.5, 0.6) is 5.75 Å². The summed E-state index contributed by atoms with van der Waals surface area (Å²) in [6.07, 6.45) is 15.4. The van der Waals surface area contributed by atoms with Crippen LogP contribution in [-0.4, -0.2) is 5.60 Å². The minimum absolute atomic E-state index is 0.0836. The maximum atomic E-state index is 7.02. The zero-order chi connectivity index (χ0) is 18.5. The van der Waals surface area contributed by atoms with E-state index in [0.29, 0.717) is 5.41 Å². The molecule has 1 aromatic carbocycles. The summed E-state index contributed by atoms with van der Waals surface area (Å²) in [5.74, 6) is 1.21. The summed E-state index contributed by atoms with van der Waals surface area (Å²) in [6.45, 7) is 2.25. The molecule has 5 rings (SSSR count). The molecule has 0 amide bonds. The van der Waals surface area contributed by atoms with Crippen molar-refractivity contribution in [2.45, 2.75) is 82.1 Å². The second-order valence-electron chi connectivity index (χ2n) is 9.34. The molecular formula is C25H32NO+. The van der Waals surface area contributed by atoms with Crippen molar-refractivity contribution in [3.05, 3.63) is 47.7 Å². The molecular weight excluding hydrogens is 330 g/mol. The number of fused-ring (bicyclic) bond motifs is 2. The molecule has 2 saturated carbocycles. The fourth-order valence-electron chi connectivity index (χ4n) is 6.24. The van der Waals surface area contributed by atoms with Crippen LogP contribution in [0.15, 0.2) is 36.5 Å². The minimum Gasteiger partial charge on any atom is -0.486 e. The average Bonchev–Trinajstić information content (AvgIpc) is 3.10. The topological polar surface area (TPSA) is 13.1 Å². The smallest absolute Gasteiger partial charge is 0.216 e. The molecule has 0 N–H and O–H groups in total. The summed E-state index contributed by atoms with van der Waals surface area (Å²) in [5, 5.41) is 0. The highest BCUT2D eigenvalue weighted by Gasteiger charge is 2.51. The number of benzene rings is 1. The fourth-order valence-corrected chi connectivity index (χ4v) is 6.24. The number of aromatic nitrogens is 1. The third kappa shape index (κ3) is 2.71. The average molecular weight is 363 g/mol. The number of pyridine rings is 1. The van der Waals surface area contributed by atoms with Crippen LogP contribution in [0.2, 0.25) is 0 Å². The SMILES string of the molecule is Cc1ccc2c(c1-c1cccc[n+]1C)OC1(CCCC1)CC21CCCCC1. The first-order valence-electron chi connectivity index (χ1n) is 10.9. The molecule has 2 aliphatic carbocycles. The maximum Gasteiger partial charge on any atom is 0.216 e. The Hall–Kier alpha value is -1.83. The van der Waals surface area contributed by atoms with E-state index in [1.165, 1.54) is 92.3 Å². The Morgan fingerprint density at radius 1 is 0.889 bits per heavy atom. The van der Waals surface area contributed by atoms with Crippen LogP contribution in [0.1, 0.15) is 75.3 Å². The van der Waals surface area contributed by atoms with Gasteiger partial charge in [0.05, 0.1) is 5.56 Å². The van der Waals surface area contributed by atoms with Crippen molar-refractivity contribution in [2.75, 3.05) is 0 Å². The minimum atomic E-state index is 0.0836. The number of hydrogen-bond donors (Lipinski definition) is 0. The number of rotatable bonds is 1. The molecule has 1 aliphatic heterocycles. The second kappa shape index (κ2) is 6.36. The van der Waals surface area contributed by atoms with Crippen LogP contribution in [0.25, 0.3) is 11.3 Å². The van der Waals surface area contributed by atoms with Gasteiger partial charge in [0.1, 0.15) is 18.4 Å². The molecule has 142 valence electrons. The lowest BCUT2D eigenvalue weighted by atomic mass is 9.61. The van der Waals surface area contributed by atoms with Crippen LogP contribution in [0.4, 0.5) is 0 Å². The van der Waals surface area contributed by atoms with Crippen molar-refractivity contribution in [3.8, 4) is 17.0 Å². The Bertz CT molecular complexity index is 857. The number of hydrogen-bond acceptors (Lipinski definition) is 1. The van der Waals surface area contributed by atoms with Gasteiger partial charge in [-0.1, -0.05) is 31.4 Å². The predicted molar refractivity (Wildman–Crippen MR) is 109 cm³/mol. The summed E-state index contributed by atoms with van der Waals surface area (Å²) in [6, 6.07) is 11.3. The zero-order valence-corrected chi connectivity index (χ0v) is 16.9. The molecule has 1 aromatic heterocycles. The first-order chi connectivity index (χ1) is 13.1. The molecule has 2 nitrogen and oxygen atoms in total. The van der Waals surface area contributed by atoms with Gasteiger partial charge in [-0.3, -0.25) is 0 Å². The quantitative estimate of drug-likeness (QED) is 0.586. The van der Waals surface area contributed by atoms with Crippen molar-refractivity contribution >= 4 is 0 Å². The van der Waals surface area contributed by atoms with Gasteiger partial charge in [-0.05, 0) is 63.5 Å². The molecule has 2 aromatic rings. The molecule has 0 radical (unpaired) electrons. The normalized spacial score (nSPS) is 22.6. The van der Waals surface area contributed by atoms with Gasteiger partial charge in [0.25, 0.3) is 0 Å². The van der Waals surface area contributed by atoms with Gasteiger partial charge < -0.3 is 4.74 Å². The molecule has 0 unspecified atom stereocenters. The molecule has 2 spiro atoms. The van der Waals surface area contributed by atoms with Gasteiger partial charge in [-0.25, -0.2) is 4.57 Å². The summed E-state index contributed by atoms with van der Waals surface area (Å²) in [7, 11) is 2.15. The van der Waals surface area contributed by atoms with Crippen molar-refractivity contribution < 1.29 is 9.30 Å². The molecule has 2 heteroatoms. The number of aryl methyl sites for hydroxylation is 2. The fraction of sp³-hybridized carbons (Fsp3) is 0.560. The first kappa shape index (κ1) is 17.3. The maximum absolute atomic E-state index is 7.02. The third-order valence-corrected chi connectivity index (χ3v) is 7.55. The van der Waals surface area contributed by atoms with Crippen LogP contribution in [0.3, 0.4) is 0 Å². The standard InChI is InChI=1S/C25H32NO/c1-19-11-12-20-23(22(19)21-10-4-9-17-26(21)2)27-25(15-7-8-16-25)18-24(20)13-5-3-6-14-24/h4,9-12,17H,3,5-8,13-16,18H2,1-2H3/q+1. The van der Waals surface area contributed by atoms with E-state index in [1.54, 1.807) is 0 Å². The highest BCUT2D eigenvalue weighted by molar-refractivity contribution is 5.73. The lowest BCUT2D eigenvalue weighted by molar-refractivity contribution is -0.660. The molecule has 2 fully saturated rings. The summed E-state index contributed by atoms with van der Waals surface area (Å²) < 4.78 is 9.26. The molecule has 27 heavy (non-hydrogen) atoms. The highest BCUT2D eigenvalue weighted by Crippen LogP contribution is 2.58. The molecule has 0 bridgehead atoms. The Morgan fingerprint density at radius 3 is 2.37 bits per heavy atom. The Kier molecular flexibility index (Phi) is 4.07. The van der Waals surface area contributed by atoms with Gasteiger partial charge in [-0.15, -0.1) is 0 Å². The summed E-state index contributed by atoms with van der Waals surface area (Å²) >= 11 is 0. The lowest BCUT2D eigenvalue weighted by Gasteiger charge is -2.50. The Balaban J connectivity index is 1.75. The van der Waals surface area contributed by atoms with Gasteiger partial charge in [0.2, 0.25) is 5.69 Å². The van der Waals surface area contributed by atoms with Gasteiger partial charge in [0.15, 0.2) is 6.20 Å². The number of nitrogens with zero attached hydrogens (tertiary/aromatic N) is 1. The first-order valence-corrected chi connectivity index (χ1v) is 10.9. The zero-order valence-electron chi connectivity index (χ0n) is 16.9. The van der Waals surface area contributed by atoms with Gasteiger partial charge in [-0.2, -0.15) is 0 Å². The van der Waals surface area contributed by atoms with Crippen molar-refractivity contribution in [2.24, 2.45) is 7.05 Å². The monoisotopic (exact) mass is 362 g/mol. The predicted octanol–water partition coefficient (Wildman–Crippen LogP) is 5.78. The molecule has 3 aliphatic rings. The van der Waals surface area contributed by atoms with Crippen molar-refractivity contribution in [3.63, 3.8) is 0 Å². The van der Waals surface area contributed by atoms with Crippen LogP contribution >= 0.6 is 0 Å². The van der Waals surface area contributed by atoms with E-state index in [-0.39, 0.29) is 5.60 Å². The second-order valence-corrected chi connectivity index (χ2v) is 9.34. The van der Waals surface area contributed by atoms with E-state index in [1.807, 2.05) is 0 Å². The molecule has 2 heterocycles. The van der Waals surface area contributed by atoms with E-state index < -0.39 is 0 Å². The highest BCUT2D eigenvalue weighted by atomic mass is 16.5. The van der Waals surface area contributed by atoms with Crippen LogP contribution < -0.4 is 9.30 Å². The van der Waals surface area contributed by atoms with Crippen molar-refractivity contribution in [1.82, 2.24) is 0 Å². The van der Waals surface area contributed by atoms with E-state index in [2.05, 4.69) is 55.1 Å². The van der Waals surface area contributed by atoms with Crippen molar-refractivity contribution in [1.29, 1.82) is 0 Å². The largest absolute Gasteiger partial charge is 0.486 e. The van der Waals surface area contributed by atoms with E-state index in [9.17, 15) is 0 Å². The molecule has 0 saturated heterocycles. The van der Waals surface area contributed by atoms with E-state index in [0.717, 1.165) is 0 Å². The Morgan fingerprint density at radius 2 is 1.63 bits per heavy atom. The molecule has 0 atom stereocenters.